The maximum Gasteiger partial charge on any atom is 0.280 e. The zero-order valence-corrected chi connectivity index (χ0v) is 19.4. The normalized spacial score (nSPS) is 13.5. The third kappa shape index (κ3) is 5.27. The monoisotopic (exact) mass is 499 g/mol. The zero-order chi connectivity index (χ0) is 25.2. The molecule has 1 aliphatic rings. The van der Waals surface area contributed by atoms with Gasteiger partial charge in [0.15, 0.2) is 5.82 Å². The molecule has 13 nitrogen and oxygen atoms in total. The maximum atomic E-state index is 12.8. The Balaban J connectivity index is 1.52. The molecule has 182 valence electrons. The predicted molar refractivity (Wildman–Crippen MR) is 129 cm³/mol. The molecule has 2 aromatic carbocycles. The lowest BCUT2D eigenvalue weighted by atomic mass is 10.1. The van der Waals surface area contributed by atoms with Crippen LogP contribution in [0, 0.1) is 27.2 Å². The first-order valence-electron chi connectivity index (χ1n) is 10.5. The van der Waals surface area contributed by atoms with Crippen molar-refractivity contribution in [2.24, 2.45) is 0 Å². The summed E-state index contributed by atoms with van der Waals surface area (Å²) in [4.78, 5) is 22.5. The van der Waals surface area contributed by atoms with E-state index in [2.05, 4.69) is 25.1 Å². The van der Waals surface area contributed by atoms with Crippen molar-refractivity contribution in [3.05, 3.63) is 74.5 Å². The van der Waals surface area contributed by atoms with Crippen LogP contribution in [0.4, 0.5) is 34.3 Å². The summed E-state index contributed by atoms with van der Waals surface area (Å²) in [5, 5.41) is 33.7. The van der Waals surface area contributed by atoms with Gasteiger partial charge in [-0.25, -0.2) is 8.42 Å². The van der Waals surface area contributed by atoms with Crippen LogP contribution < -0.4 is 14.9 Å². The van der Waals surface area contributed by atoms with Gasteiger partial charge in [0, 0.05) is 42.7 Å². The highest BCUT2D eigenvalue weighted by Crippen LogP contribution is 2.32. The second kappa shape index (κ2) is 9.50. The van der Waals surface area contributed by atoms with Crippen molar-refractivity contribution in [2.45, 2.75) is 24.7 Å². The van der Waals surface area contributed by atoms with Gasteiger partial charge in [0.25, 0.3) is 21.4 Å². The van der Waals surface area contributed by atoms with Gasteiger partial charge < -0.3 is 10.2 Å². The Morgan fingerprint density at radius 3 is 2.09 bits per heavy atom. The van der Waals surface area contributed by atoms with Gasteiger partial charge in [-0.15, -0.1) is 5.10 Å². The van der Waals surface area contributed by atoms with Gasteiger partial charge >= 0.3 is 0 Å². The van der Waals surface area contributed by atoms with E-state index in [0.29, 0.717) is 11.5 Å². The Morgan fingerprint density at radius 2 is 1.51 bits per heavy atom. The summed E-state index contributed by atoms with van der Waals surface area (Å²) < 4.78 is 27.9. The van der Waals surface area contributed by atoms with Crippen LogP contribution in [0.1, 0.15) is 18.4 Å². The molecule has 0 spiro atoms. The molecule has 1 fully saturated rings. The molecule has 0 radical (unpaired) electrons. The highest BCUT2D eigenvalue weighted by molar-refractivity contribution is 7.92. The lowest BCUT2D eigenvalue weighted by molar-refractivity contribution is -0.395. The number of hydrogen-bond acceptors (Lipinski definition) is 10. The first-order chi connectivity index (χ1) is 16.6. The SMILES string of the molecule is Cc1c([N+](=O)[O-])cc(S(=O)(=O)Nc2ccc(Nc3cc(N4CCCC4)cnn3)cc2)cc1[N+](=O)[O-]. The number of rotatable bonds is 8. The van der Waals surface area contributed by atoms with Gasteiger partial charge in [0.05, 0.1) is 21.7 Å². The summed E-state index contributed by atoms with van der Waals surface area (Å²) in [6.45, 7) is 3.12. The van der Waals surface area contributed by atoms with E-state index >= 15 is 0 Å². The number of benzene rings is 2. The summed E-state index contributed by atoms with van der Waals surface area (Å²) >= 11 is 0. The van der Waals surface area contributed by atoms with Crippen molar-refractivity contribution in [2.75, 3.05) is 28.0 Å². The lowest BCUT2D eigenvalue weighted by Gasteiger charge is -2.17. The van der Waals surface area contributed by atoms with Gasteiger partial charge in [-0.05, 0) is 44.0 Å². The lowest BCUT2D eigenvalue weighted by Crippen LogP contribution is -2.18. The Hall–Kier alpha value is -4.33. The second-order valence-electron chi connectivity index (χ2n) is 7.90. The number of nitrogens with one attached hydrogen (secondary N) is 2. The van der Waals surface area contributed by atoms with Crippen molar-refractivity contribution >= 4 is 44.3 Å². The maximum absolute atomic E-state index is 12.8. The quantitative estimate of drug-likeness (QED) is 0.343. The Bertz CT molecular complexity index is 1350. The van der Waals surface area contributed by atoms with Gasteiger partial charge in [-0.2, -0.15) is 5.10 Å². The Morgan fingerprint density at radius 1 is 0.943 bits per heavy atom. The molecule has 0 aliphatic carbocycles. The van der Waals surface area contributed by atoms with Crippen LogP contribution in [-0.4, -0.2) is 41.6 Å². The fourth-order valence-electron chi connectivity index (χ4n) is 3.74. The summed E-state index contributed by atoms with van der Waals surface area (Å²) in [5.74, 6) is 0.530. The third-order valence-electron chi connectivity index (χ3n) is 5.55. The molecule has 0 saturated carbocycles. The van der Waals surface area contributed by atoms with Gasteiger partial charge in [0.2, 0.25) is 0 Å². The van der Waals surface area contributed by atoms with Crippen LogP contribution in [0.15, 0.2) is 53.6 Å². The minimum absolute atomic E-state index is 0.165. The van der Waals surface area contributed by atoms with Crippen molar-refractivity contribution in [3.8, 4) is 0 Å². The first kappa shape index (κ1) is 23.8. The summed E-state index contributed by atoms with van der Waals surface area (Å²) in [5.41, 5.74) is 0.213. The van der Waals surface area contributed by atoms with Crippen molar-refractivity contribution in [1.82, 2.24) is 10.2 Å². The molecule has 1 saturated heterocycles. The van der Waals surface area contributed by atoms with Gasteiger partial charge in [0.1, 0.15) is 10.5 Å². The van der Waals surface area contributed by atoms with E-state index in [9.17, 15) is 28.6 Å². The molecule has 3 aromatic rings. The highest BCUT2D eigenvalue weighted by Gasteiger charge is 2.28. The standard InChI is InChI=1S/C21H21N7O6S/c1-14-19(27(29)30)11-18(12-20(14)28(31)32)35(33,34)25-16-6-4-15(5-7-16)23-21-10-17(13-22-24-21)26-8-2-3-9-26/h4-7,10-13,25H,2-3,8-9H2,1H3,(H,23,24). The number of anilines is 4. The number of nitro benzene ring substituents is 2. The van der Waals surface area contributed by atoms with E-state index in [1.807, 2.05) is 6.07 Å². The van der Waals surface area contributed by atoms with Crippen LogP contribution in [-0.2, 0) is 10.0 Å². The molecule has 0 amide bonds. The number of aromatic nitrogens is 2. The Kier molecular flexibility index (Phi) is 6.46. The highest BCUT2D eigenvalue weighted by atomic mass is 32.2. The molecule has 1 aliphatic heterocycles. The number of nitro groups is 2. The van der Waals surface area contributed by atoms with Crippen LogP contribution in [0.2, 0.25) is 0 Å². The van der Waals surface area contributed by atoms with E-state index < -0.39 is 36.1 Å². The smallest absolute Gasteiger partial charge is 0.280 e. The van der Waals surface area contributed by atoms with Gasteiger partial charge in [-0.3, -0.25) is 25.0 Å². The van der Waals surface area contributed by atoms with E-state index in [1.54, 1.807) is 18.3 Å². The molecule has 1 aromatic heterocycles. The molecule has 2 heterocycles. The van der Waals surface area contributed by atoms with Crippen LogP contribution in [0.3, 0.4) is 0 Å². The topological polar surface area (TPSA) is 174 Å². The first-order valence-corrected chi connectivity index (χ1v) is 12.0. The predicted octanol–water partition coefficient (Wildman–Crippen LogP) is 3.75. The molecule has 0 unspecified atom stereocenters. The minimum Gasteiger partial charge on any atom is -0.370 e. The molecule has 0 bridgehead atoms. The Labute approximate surface area is 200 Å². The number of nitrogens with zero attached hydrogens (tertiary/aromatic N) is 5. The molecule has 35 heavy (non-hydrogen) atoms. The van der Waals surface area contributed by atoms with Crippen LogP contribution >= 0.6 is 0 Å². The van der Waals surface area contributed by atoms with Crippen molar-refractivity contribution in [1.29, 1.82) is 0 Å². The van der Waals surface area contributed by atoms with Crippen molar-refractivity contribution in [3.63, 3.8) is 0 Å². The fourth-order valence-corrected chi connectivity index (χ4v) is 4.84. The molecule has 2 N–H and O–H groups in total. The summed E-state index contributed by atoms with van der Waals surface area (Å²) in [6, 6.07) is 9.67. The molecular formula is C21H21N7O6S. The third-order valence-corrected chi connectivity index (χ3v) is 6.91. The summed E-state index contributed by atoms with van der Waals surface area (Å²) in [6.07, 6.45) is 3.96. The average molecular weight is 500 g/mol. The minimum atomic E-state index is -4.34. The zero-order valence-electron chi connectivity index (χ0n) is 18.5. The van der Waals surface area contributed by atoms with E-state index in [0.717, 1.165) is 43.8 Å². The molecule has 14 heteroatoms. The van der Waals surface area contributed by atoms with Crippen LogP contribution in [0.5, 0.6) is 0 Å². The van der Waals surface area contributed by atoms with E-state index in [4.69, 9.17) is 0 Å². The van der Waals surface area contributed by atoms with Gasteiger partial charge in [-0.1, -0.05) is 0 Å². The average Bonchev–Trinajstić information content (AvgIpc) is 3.35. The van der Waals surface area contributed by atoms with Crippen molar-refractivity contribution < 1.29 is 18.3 Å². The number of hydrogen-bond donors (Lipinski definition) is 2. The van der Waals surface area contributed by atoms with E-state index in [-0.39, 0.29) is 11.3 Å². The van der Waals surface area contributed by atoms with E-state index in [1.165, 1.54) is 19.1 Å². The molecule has 4 rings (SSSR count). The molecule has 0 atom stereocenters. The number of sulfonamides is 1. The molecular weight excluding hydrogens is 478 g/mol. The fraction of sp³-hybridized carbons (Fsp3) is 0.238. The summed E-state index contributed by atoms with van der Waals surface area (Å²) in [7, 11) is -4.34. The second-order valence-corrected chi connectivity index (χ2v) is 9.58. The van der Waals surface area contributed by atoms with Crippen LogP contribution in [0.25, 0.3) is 0 Å². The largest absolute Gasteiger partial charge is 0.370 e.